The van der Waals surface area contributed by atoms with E-state index in [1.54, 1.807) is 14.2 Å². The molecule has 3 aliphatic heterocycles. The highest BCUT2D eigenvalue weighted by Crippen LogP contribution is 2.45. The van der Waals surface area contributed by atoms with Gasteiger partial charge in [-0.3, -0.25) is 4.79 Å². The zero-order valence-electron chi connectivity index (χ0n) is 16.8. The van der Waals surface area contributed by atoms with Crippen LogP contribution in [0.3, 0.4) is 0 Å². The second kappa shape index (κ2) is 8.89. The number of hydrogen-bond acceptors (Lipinski definition) is 5. The van der Waals surface area contributed by atoms with Gasteiger partial charge in [-0.15, -0.1) is 12.4 Å². The lowest BCUT2D eigenvalue weighted by Crippen LogP contribution is -2.51. The molecule has 7 heteroatoms. The minimum absolute atomic E-state index is 0. The molecule has 0 unspecified atom stereocenters. The topological polar surface area (TPSA) is 60.0 Å². The van der Waals surface area contributed by atoms with Gasteiger partial charge < -0.3 is 24.4 Å². The Labute approximate surface area is 173 Å². The number of piperidine rings is 2. The molecule has 0 saturated carbocycles. The third-order valence-corrected chi connectivity index (χ3v) is 6.38. The number of methoxy groups -OCH3 is 2. The molecule has 0 aromatic heterocycles. The van der Waals surface area contributed by atoms with Crippen molar-refractivity contribution < 1.29 is 19.0 Å². The summed E-state index contributed by atoms with van der Waals surface area (Å²) >= 11 is 0. The standard InChI is InChI=1S/C21H30N2O4.ClH/c1-25-18-12-15-5-11-27-21(17(15)13-19(18)26-2)6-9-23(10-7-21)20(24)16-4-3-8-22-14-16;/h12-13,16,22H,3-11,14H2,1-2H3;1H/t16-;/m1./s1. The molecule has 6 nitrogen and oxygen atoms in total. The Hall–Kier alpha value is -1.50. The lowest BCUT2D eigenvalue weighted by Gasteiger charge is -2.46. The van der Waals surface area contributed by atoms with Crippen molar-refractivity contribution in [1.82, 2.24) is 10.2 Å². The molecule has 2 fully saturated rings. The number of carbonyl (C=O) groups excluding carboxylic acids is 1. The molecule has 1 aromatic rings. The number of rotatable bonds is 3. The number of hydrogen-bond donors (Lipinski definition) is 1. The number of amides is 1. The molecule has 1 spiro atoms. The number of carbonyl (C=O) groups is 1. The summed E-state index contributed by atoms with van der Waals surface area (Å²) in [5.41, 5.74) is 2.17. The van der Waals surface area contributed by atoms with E-state index in [0.29, 0.717) is 12.5 Å². The first-order valence-electron chi connectivity index (χ1n) is 10.1. The van der Waals surface area contributed by atoms with Crippen LogP contribution in [-0.2, 0) is 21.6 Å². The van der Waals surface area contributed by atoms with Crippen molar-refractivity contribution in [3.63, 3.8) is 0 Å². The summed E-state index contributed by atoms with van der Waals surface area (Å²) in [7, 11) is 3.34. The third-order valence-electron chi connectivity index (χ3n) is 6.38. The molecule has 4 rings (SSSR count). The van der Waals surface area contributed by atoms with E-state index < -0.39 is 0 Å². The summed E-state index contributed by atoms with van der Waals surface area (Å²) in [4.78, 5) is 14.9. The van der Waals surface area contributed by atoms with E-state index in [0.717, 1.165) is 69.8 Å². The van der Waals surface area contributed by atoms with Crippen LogP contribution in [0.4, 0.5) is 0 Å². The lowest BCUT2D eigenvalue weighted by atomic mass is 9.79. The van der Waals surface area contributed by atoms with E-state index in [9.17, 15) is 4.79 Å². The summed E-state index contributed by atoms with van der Waals surface area (Å²) in [5.74, 6) is 1.95. The fourth-order valence-corrected chi connectivity index (χ4v) is 4.81. The van der Waals surface area contributed by atoms with Gasteiger partial charge in [0.2, 0.25) is 5.91 Å². The zero-order valence-corrected chi connectivity index (χ0v) is 17.6. The van der Waals surface area contributed by atoms with Crippen LogP contribution in [0.25, 0.3) is 0 Å². The van der Waals surface area contributed by atoms with Crippen molar-refractivity contribution in [2.24, 2.45) is 5.92 Å². The molecule has 0 bridgehead atoms. The summed E-state index contributed by atoms with van der Waals surface area (Å²) in [6, 6.07) is 4.17. The molecule has 0 radical (unpaired) electrons. The molecule has 156 valence electrons. The van der Waals surface area contributed by atoms with Crippen LogP contribution in [0.2, 0.25) is 0 Å². The van der Waals surface area contributed by atoms with Crippen molar-refractivity contribution in [1.29, 1.82) is 0 Å². The molecule has 0 aliphatic carbocycles. The number of fused-ring (bicyclic) bond motifs is 2. The van der Waals surface area contributed by atoms with Gasteiger partial charge in [-0.25, -0.2) is 0 Å². The van der Waals surface area contributed by atoms with Crippen LogP contribution in [0, 0.1) is 5.92 Å². The molecular formula is C21H31ClN2O4. The van der Waals surface area contributed by atoms with Crippen molar-refractivity contribution in [2.75, 3.05) is 47.0 Å². The summed E-state index contributed by atoms with van der Waals surface area (Å²) < 4.78 is 17.3. The Morgan fingerprint density at radius 1 is 1.21 bits per heavy atom. The maximum atomic E-state index is 12.9. The molecule has 1 amide bonds. The van der Waals surface area contributed by atoms with Crippen molar-refractivity contribution in [2.45, 2.75) is 37.7 Å². The monoisotopic (exact) mass is 410 g/mol. The van der Waals surface area contributed by atoms with Gasteiger partial charge in [0.15, 0.2) is 11.5 Å². The Morgan fingerprint density at radius 3 is 2.57 bits per heavy atom. The van der Waals surface area contributed by atoms with Crippen molar-refractivity contribution in [3.05, 3.63) is 23.3 Å². The SMILES string of the molecule is COc1cc2c(cc1OC)C1(CCN(C(=O)[C@@H]3CCCNC3)CC1)OCC2.Cl. The third kappa shape index (κ3) is 3.82. The largest absolute Gasteiger partial charge is 0.493 e. The molecule has 3 aliphatic rings. The predicted octanol–water partition coefficient (Wildman–Crippen LogP) is 2.52. The van der Waals surface area contributed by atoms with Crippen LogP contribution in [0.15, 0.2) is 12.1 Å². The summed E-state index contributed by atoms with van der Waals surface area (Å²) in [5, 5.41) is 3.35. The first-order valence-corrected chi connectivity index (χ1v) is 10.1. The molecule has 1 aromatic carbocycles. The van der Waals surface area contributed by atoms with Crippen LogP contribution in [-0.4, -0.2) is 57.8 Å². The van der Waals surface area contributed by atoms with Gasteiger partial charge in [-0.1, -0.05) is 0 Å². The Balaban J connectivity index is 0.00000225. The van der Waals surface area contributed by atoms with Crippen LogP contribution in [0.5, 0.6) is 11.5 Å². The maximum Gasteiger partial charge on any atom is 0.226 e. The van der Waals surface area contributed by atoms with E-state index in [2.05, 4.69) is 17.4 Å². The van der Waals surface area contributed by atoms with E-state index in [-0.39, 0.29) is 23.9 Å². The van der Waals surface area contributed by atoms with Gasteiger partial charge in [0.05, 0.1) is 32.3 Å². The second-order valence-electron chi connectivity index (χ2n) is 7.83. The highest BCUT2D eigenvalue weighted by Gasteiger charge is 2.43. The molecule has 3 heterocycles. The van der Waals surface area contributed by atoms with Crippen LogP contribution in [0.1, 0.15) is 36.8 Å². The van der Waals surface area contributed by atoms with Crippen molar-refractivity contribution >= 4 is 18.3 Å². The highest BCUT2D eigenvalue weighted by molar-refractivity contribution is 5.85. The van der Waals surface area contributed by atoms with E-state index in [1.807, 2.05) is 4.90 Å². The van der Waals surface area contributed by atoms with Crippen LogP contribution >= 0.6 is 12.4 Å². The number of benzene rings is 1. The highest BCUT2D eigenvalue weighted by atomic mass is 35.5. The fraction of sp³-hybridized carbons (Fsp3) is 0.667. The maximum absolute atomic E-state index is 12.9. The number of nitrogens with one attached hydrogen (secondary N) is 1. The molecular weight excluding hydrogens is 380 g/mol. The predicted molar refractivity (Wildman–Crippen MR) is 110 cm³/mol. The first kappa shape index (κ1) is 21.2. The summed E-state index contributed by atoms with van der Waals surface area (Å²) in [6.45, 7) is 4.06. The Morgan fingerprint density at radius 2 is 1.93 bits per heavy atom. The smallest absolute Gasteiger partial charge is 0.226 e. The summed E-state index contributed by atoms with van der Waals surface area (Å²) in [6.07, 6.45) is 4.65. The normalized spacial score (nSPS) is 23.5. The van der Waals surface area contributed by atoms with Gasteiger partial charge in [-0.2, -0.15) is 0 Å². The van der Waals surface area contributed by atoms with E-state index >= 15 is 0 Å². The van der Waals surface area contributed by atoms with Gasteiger partial charge in [0.1, 0.15) is 0 Å². The Bertz CT molecular complexity index is 698. The molecule has 1 N–H and O–H groups in total. The van der Waals surface area contributed by atoms with Crippen molar-refractivity contribution in [3.8, 4) is 11.5 Å². The van der Waals surface area contributed by atoms with Gasteiger partial charge in [0, 0.05) is 19.6 Å². The average Bonchev–Trinajstić information content (AvgIpc) is 2.74. The number of halogens is 1. The van der Waals surface area contributed by atoms with E-state index in [1.165, 1.54) is 11.1 Å². The molecule has 2 saturated heterocycles. The number of likely N-dealkylation sites (tertiary alicyclic amines) is 1. The minimum atomic E-state index is -0.311. The molecule has 1 atom stereocenters. The first-order chi connectivity index (χ1) is 13.2. The molecule has 28 heavy (non-hydrogen) atoms. The second-order valence-corrected chi connectivity index (χ2v) is 7.83. The van der Waals surface area contributed by atoms with Gasteiger partial charge in [-0.05, 0) is 61.9 Å². The zero-order chi connectivity index (χ0) is 18.9. The van der Waals surface area contributed by atoms with Gasteiger partial charge >= 0.3 is 0 Å². The average molecular weight is 411 g/mol. The fourth-order valence-electron chi connectivity index (χ4n) is 4.81. The quantitative estimate of drug-likeness (QED) is 0.829. The van der Waals surface area contributed by atoms with E-state index in [4.69, 9.17) is 14.2 Å². The number of ether oxygens (including phenoxy) is 3. The Kier molecular flexibility index (Phi) is 6.73. The number of nitrogens with zero attached hydrogens (tertiary/aromatic N) is 1. The minimum Gasteiger partial charge on any atom is -0.493 e. The lowest BCUT2D eigenvalue weighted by molar-refractivity contribution is -0.145. The van der Waals surface area contributed by atoms with Crippen LogP contribution < -0.4 is 14.8 Å². The van der Waals surface area contributed by atoms with Gasteiger partial charge in [0.25, 0.3) is 0 Å².